The number of hydrogen-bond donors (Lipinski definition) is 0. The van der Waals surface area contributed by atoms with Crippen LogP contribution in [0.2, 0.25) is 0 Å². The number of benzene rings is 2. The SMILES string of the molecule is Cc1nc2cc(C(=O)N3CCN(Cc4cc(=O)n5ccsc5n4)CC3)ccc2n1-c1ccccc1. The summed E-state index contributed by atoms with van der Waals surface area (Å²) in [6, 6.07) is 17.5. The van der Waals surface area contributed by atoms with Crippen molar-refractivity contribution in [1.82, 2.24) is 28.7 Å². The fraction of sp³-hybridized carbons (Fsp3) is 0.231. The summed E-state index contributed by atoms with van der Waals surface area (Å²) in [6.07, 6.45) is 1.74. The minimum atomic E-state index is -0.0552. The van der Waals surface area contributed by atoms with Crippen LogP contribution in [0, 0.1) is 6.92 Å². The van der Waals surface area contributed by atoms with Gasteiger partial charge in [-0.25, -0.2) is 9.97 Å². The smallest absolute Gasteiger partial charge is 0.258 e. The summed E-state index contributed by atoms with van der Waals surface area (Å²) in [4.78, 5) is 39.7. The normalized spacial score (nSPS) is 14.7. The van der Waals surface area contributed by atoms with Crippen molar-refractivity contribution >= 4 is 33.2 Å². The molecule has 1 aliphatic heterocycles. The number of thiazole rings is 1. The highest BCUT2D eigenvalue weighted by Crippen LogP contribution is 2.23. The highest BCUT2D eigenvalue weighted by molar-refractivity contribution is 7.15. The summed E-state index contributed by atoms with van der Waals surface area (Å²) in [7, 11) is 0. The monoisotopic (exact) mass is 484 g/mol. The van der Waals surface area contributed by atoms with Gasteiger partial charge in [-0.15, -0.1) is 11.3 Å². The molecule has 1 fully saturated rings. The average Bonchev–Trinajstić information content (AvgIpc) is 3.48. The van der Waals surface area contributed by atoms with E-state index in [-0.39, 0.29) is 11.5 Å². The summed E-state index contributed by atoms with van der Waals surface area (Å²) in [6.45, 7) is 5.33. The van der Waals surface area contributed by atoms with E-state index in [9.17, 15) is 9.59 Å². The zero-order valence-corrected chi connectivity index (χ0v) is 20.1. The molecule has 2 aromatic carbocycles. The summed E-state index contributed by atoms with van der Waals surface area (Å²) in [5, 5.41) is 1.86. The van der Waals surface area contributed by atoms with Crippen LogP contribution in [0.5, 0.6) is 0 Å². The third kappa shape index (κ3) is 4.02. The summed E-state index contributed by atoms with van der Waals surface area (Å²) in [5.74, 6) is 0.910. The lowest BCUT2D eigenvalue weighted by Gasteiger charge is -2.34. The maximum absolute atomic E-state index is 13.2. The number of carbonyl (C=O) groups excluding carboxylic acids is 1. The lowest BCUT2D eigenvalue weighted by molar-refractivity contribution is 0.0627. The van der Waals surface area contributed by atoms with E-state index >= 15 is 0 Å². The van der Waals surface area contributed by atoms with Crippen LogP contribution in [0.15, 0.2) is 71.0 Å². The van der Waals surface area contributed by atoms with Crippen LogP contribution in [0.1, 0.15) is 21.9 Å². The molecule has 5 aromatic rings. The van der Waals surface area contributed by atoms with Crippen LogP contribution in [0.4, 0.5) is 0 Å². The van der Waals surface area contributed by atoms with Gasteiger partial charge < -0.3 is 4.90 Å². The van der Waals surface area contributed by atoms with E-state index in [2.05, 4.69) is 26.6 Å². The molecule has 0 bridgehead atoms. The first-order valence-electron chi connectivity index (χ1n) is 11.6. The first-order valence-corrected chi connectivity index (χ1v) is 12.5. The first kappa shape index (κ1) is 21.7. The van der Waals surface area contributed by atoms with Crippen molar-refractivity contribution in [3.05, 3.63) is 93.6 Å². The van der Waals surface area contributed by atoms with Gasteiger partial charge in [-0.2, -0.15) is 0 Å². The highest BCUT2D eigenvalue weighted by atomic mass is 32.1. The van der Waals surface area contributed by atoms with E-state index in [1.54, 1.807) is 16.7 Å². The van der Waals surface area contributed by atoms with Crippen molar-refractivity contribution in [3.8, 4) is 5.69 Å². The maximum Gasteiger partial charge on any atom is 0.258 e. The molecule has 0 spiro atoms. The fourth-order valence-corrected chi connectivity index (χ4v) is 5.46. The number of hydrogen-bond acceptors (Lipinski definition) is 6. The van der Waals surface area contributed by atoms with Crippen molar-refractivity contribution in [2.24, 2.45) is 0 Å². The number of imidazole rings is 1. The molecule has 4 heterocycles. The molecule has 0 radical (unpaired) electrons. The summed E-state index contributed by atoms with van der Waals surface area (Å²) < 4.78 is 3.67. The largest absolute Gasteiger partial charge is 0.336 e. The van der Waals surface area contributed by atoms with Crippen LogP contribution in [-0.2, 0) is 6.54 Å². The standard InChI is InChI=1S/C26H24N6O2S/c1-18-27-22-15-19(7-8-23(22)32(18)21-5-3-2-4-6-21)25(34)30-11-9-29(10-12-30)17-20-16-24(33)31-13-14-35-26(31)28-20/h2-8,13-16H,9-12,17H2,1H3. The maximum atomic E-state index is 13.2. The predicted octanol–water partition coefficient (Wildman–Crippen LogP) is 3.36. The number of rotatable bonds is 4. The number of nitrogens with zero attached hydrogens (tertiary/aromatic N) is 6. The van der Waals surface area contributed by atoms with Crippen LogP contribution >= 0.6 is 11.3 Å². The van der Waals surface area contributed by atoms with E-state index in [0.717, 1.165) is 41.3 Å². The molecule has 8 nitrogen and oxygen atoms in total. The molecular formula is C26H24N6O2S. The van der Waals surface area contributed by atoms with Crippen molar-refractivity contribution in [2.75, 3.05) is 26.2 Å². The van der Waals surface area contributed by atoms with Gasteiger partial charge in [0, 0.05) is 61.6 Å². The van der Waals surface area contributed by atoms with Crippen LogP contribution < -0.4 is 5.56 Å². The van der Waals surface area contributed by atoms with E-state index < -0.39 is 0 Å². The number of piperazine rings is 1. The van der Waals surface area contributed by atoms with Gasteiger partial charge in [-0.3, -0.25) is 23.5 Å². The Morgan fingerprint density at radius 2 is 1.80 bits per heavy atom. The van der Waals surface area contributed by atoms with Crippen molar-refractivity contribution in [2.45, 2.75) is 13.5 Å². The molecule has 1 amide bonds. The number of aryl methyl sites for hydroxylation is 1. The second-order valence-electron chi connectivity index (χ2n) is 8.74. The van der Waals surface area contributed by atoms with Gasteiger partial charge >= 0.3 is 0 Å². The quantitative estimate of drug-likeness (QED) is 0.391. The zero-order chi connectivity index (χ0) is 23.9. The molecule has 176 valence electrons. The van der Waals surface area contributed by atoms with Crippen molar-refractivity contribution in [1.29, 1.82) is 0 Å². The molecular weight excluding hydrogens is 460 g/mol. The Morgan fingerprint density at radius 3 is 2.60 bits per heavy atom. The number of para-hydroxylation sites is 1. The molecule has 0 unspecified atom stereocenters. The molecule has 35 heavy (non-hydrogen) atoms. The van der Waals surface area contributed by atoms with Gasteiger partial charge in [0.05, 0.1) is 16.7 Å². The molecule has 9 heteroatoms. The molecule has 0 N–H and O–H groups in total. The Morgan fingerprint density at radius 1 is 1.00 bits per heavy atom. The lowest BCUT2D eigenvalue weighted by Crippen LogP contribution is -2.48. The minimum Gasteiger partial charge on any atom is -0.336 e. The van der Waals surface area contributed by atoms with Crippen LogP contribution in [0.3, 0.4) is 0 Å². The van der Waals surface area contributed by atoms with Gasteiger partial charge in [0.1, 0.15) is 5.82 Å². The number of aromatic nitrogens is 4. The minimum absolute atomic E-state index is 0.0230. The van der Waals surface area contributed by atoms with E-state index in [4.69, 9.17) is 4.98 Å². The molecule has 0 atom stereocenters. The number of amides is 1. The Bertz CT molecular complexity index is 1600. The second kappa shape index (κ2) is 8.75. The van der Waals surface area contributed by atoms with Crippen LogP contribution in [-0.4, -0.2) is 60.8 Å². The van der Waals surface area contributed by atoms with Crippen LogP contribution in [0.25, 0.3) is 21.7 Å². The number of carbonyl (C=O) groups is 1. The van der Waals surface area contributed by atoms with Gasteiger partial charge in [0.2, 0.25) is 0 Å². The molecule has 0 aliphatic carbocycles. The Labute approximate surface area is 205 Å². The molecule has 0 saturated carbocycles. The van der Waals surface area contributed by atoms with Gasteiger partial charge in [0.15, 0.2) is 4.96 Å². The third-order valence-corrected chi connectivity index (χ3v) is 7.24. The zero-order valence-electron chi connectivity index (χ0n) is 19.3. The third-order valence-electron chi connectivity index (χ3n) is 6.48. The van der Waals surface area contributed by atoms with E-state index in [1.807, 2.05) is 53.6 Å². The summed E-state index contributed by atoms with van der Waals surface area (Å²) in [5.41, 5.74) is 4.23. The molecule has 1 aliphatic rings. The highest BCUT2D eigenvalue weighted by Gasteiger charge is 2.23. The second-order valence-corrected chi connectivity index (χ2v) is 9.62. The van der Waals surface area contributed by atoms with Gasteiger partial charge in [0.25, 0.3) is 11.5 Å². The summed E-state index contributed by atoms with van der Waals surface area (Å²) >= 11 is 1.46. The van der Waals surface area contributed by atoms with Crippen molar-refractivity contribution in [3.63, 3.8) is 0 Å². The topological polar surface area (TPSA) is 75.7 Å². The Balaban J connectivity index is 1.15. The Hall–Kier alpha value is -3.82. The molecule has 6 rings (SSSR count). The molecule has 1 saturated heterocycles. The van der Waals surface area contributed by atoms with Crippen molar-refractivity contribution < 1.29 is 4.79 Å². The van der Waals surface area contributed by atoms with E-state index in [0.29, 0.717) is 30.2 Å². The van der Waals surface area contributed by atoms with Gasteiger partial charge in [-0.05, 0) is 37.3 Å². The fourth-order valence-electron chi connectivity index (χ4n) is 4.73. The first-order chi connectivity index (χ1) is 17.1. The predicted molar refractivity (Wildman–Crippen MR) is 136 cm³/mol. The Kier molecular flexibility index (Phi) is 5.43. The number of fused-ring (bicyclic) bond motifs is 2. The molecule has 3 aromatic heterocycles. The average molecular weight is 485 g/mol. The van der Waals surface area contributed by atoms with Gasteiger partial charge in [-0.1, -0.05) is 18.2 Å². The van der Waals surface area contributed by atoms with E-state index in [1.165, 1.54) is 11.3 Å². The lowest BCUT2D eigenvalue weighted by atomic mass is 10.1.